The Hall–Kier alpha value is -0.0800. The maximum Gasteiger partial charge on any atom is 0.00677 e. The van der Waals surface area contributed by atoms with Gasteiger partial charge in [-0.25, -0.2) is 0 Å². The lowest BCUT2D eigenvalue weighted by atomic mass is 9.55. The number of hydrogen-bond acceptors (Lipinski definition) is 2. The van der Waals surface area contributed by atoms with Gasteiger partial charge >= 0.3 is 0 Å². The number of nitrogens with two attached hydrogens (primary N) is 2. The molecule has 0 aromatic carbocycles. The lowest BCUT2D eigenvalue weighted by Gasteiger charge is -2.52. The summed E-state index contributed by atoms with van der Waals surface area (Å²) in [5.41, 5.74) is 13.3. The van der Waals surface area contributed by atoms with E-state index < -0.39 is 0 Å². The van der Waals surface area contributed by atoms with E-state index in [9.17, 15) is 0 Å². The molecule has 1 saturated carbocycles. The van der Waals surface area contributed by atoms with Crippen molar-refractivity contribution in [1.82, 2.24) is 0 Å². The second kappa shape index (κ2) is 5.05. The highest BCUT2D eigenvalue weighted by atomic mass is 14.7. The summed E-state index contributed by atoms with van der Waals surface area (Å²) in [5, 5.41) is 0. The van der Waals surface area contributed by atoms with Crippen molar-refractivity contribution in [3.8, 4) is 0 Å². The van der Waals surface area contributed by atoms with E-state index >= 15 is 0 Å². The van der Waals surface area contributed by atoms with Gasteiger partial charge in [0.25, 0.3) is 0 Å². The van der Waals surface area contributed by atoms with E-state index in [1.54, 1.807) is 0 Å². The van der Waals surface area contributed by atoms with E-state index in [4.69, 9.17) is 11.5 Å². The van der Waals surface area contributed by atoms with Crippen molar-refractivity contribution in [1.29, 1.82) is 0 Å². The van der Waals surface area contributed by atoms with Crippen LogP contribution in [-0.2, 0) is 0 Å². The zero-order valence-electron chi connectivity index (χ0n) is 11.6. The van der Waals surface area contributed by atoms with Crippen molar-refractivity contribution in [2.24, 2.45) is 22.3 Å². The van der Waals surface area contributed by atoms with E-state index in [0.29, 0.717) is 11.5 Å². The summed E-state index contributed by atoms with van der Waals surface area (Å²) in [6.07, 6.45) is 7.23. The maximum absolute atomic E-state index is 6.29. The quantitative estimate of drug-likeness (QED) is 0.774. The molecule has 4 N–H and O–H groups in total. The number of rotatable bonds is 4. The van der Waals surface area contributed by atoms with E-state index in [2.05, 4.69) is 27.7 Å². The topological polar surface area (TPSA) is 52.0 Å². The molecule has 0 aliphatic heterocycles. The second-order valence-electron chi connectivity index (χ2n) is 6.06. The molecular formula is C14H30N2. The van der Waals surface area contributed by atoms with Crippen LogP contribution in [-0.4, -0.2) is 12.1 Å². The van der Waals surface area contributed by atoms with Gasteiger partial charge in [-0.05, 0) is 43.4 Å². The molecule has 1 aliphatic carbocycles. The lowest BCUT2D eigenvalue weighted by molar-refractivity contribution is 0.0184. The Bertz CT molecular complexity index is 221. The summed E-state index contributed by atoms with van der Waals surface area (Å²) in [7, 11) is 0. The monoisotopic (exact) mass is 226 g/mol. The fraction of sp³-hybridized carbons (Fsp3) is 1.00. The molecule has 0 aromatic heterocycles. The molecule has 0 saturated heterocycles. The van der Waals surface area contributed by atoms with Gasteiger partial charge in [0, 0.05) is 12.1 Å². The zero-order valence-corrected chi connectivity index (χ0v) is 11.6. The van der Waals surface area contributed by atoms with Crippen LogP contribution in [0.1, 0.15) is 66.2 Å². The first-order valence-electron chi connectivity index (χ1n) is 6.95. The van der Waals surface area contributed by atoms with Gasteiger partial charge in [-0.1, -0.05) is 33.6 Å². The van der Waals surface area contributed by atoms with E-state index in [1.165, 1.54) is 32.1 Å². The molecule has 96 valence electrons. The Morgan fingerprint density at radius 3 is 2.06 bits per heavy atom. The molecule has 0 bridgehead atoms. The zero-order chi connectivity index (χ0) is 12.4. The molecule has 0 aromatic rings. The van der Waals surface area contributed by atoms with E-state index in [0.717, 1.165) is 6.42 Å². The Kier molecular flexibility index (Phi) is 4.42. The Morgan fingerprint density at radius 2 is 1.69 bits per heavy atom. The van der Waals surface area contributed by atoms with Crippen LogP contribution in [0.15, 0.2) is 0 Å². The van der Waals surface area contributed by atoms with Crippen LogP contribution in [0.2, 0.25) is 0 Å². The van der Waals surface area contributed by atoms with Crippen molar-refractivity contribution < 1.29 is 0 Å². The first kappa shape index (κ1) is 14.0. The molecule has 2 nitrogen and oxygen atoms in total. The van der Waals surface area contributed by atoms with Crippen molar-refractivity contribution in [3.63, 3.8) is 0 Å². The summed E-state index contributed by atoms with van der Waals surface area (Å²) in [6, 6.07) is 0.612. The van der Waals surface area contributed by atoms with Crippen molar-refractivity contribution in [2.75, 3.05) is 0 Å². The largest absolute Gasteiger partial charge is 0.328 e. The van der Waals surface area contributed by atoms with Gasteiger partial charge in [0.15, 0.2) is 0 Å². The van der Waals surface area contributed by atoms with Crippen LogP contribution in [0.3, 0.4) is 0 Å². The molecule has 0 amide bonds. The summed E-state index contributed by atoms with van der Waals surface area (Å²) < 4.78 is 0. The van der Waals surface area contributed by atoms with Crippen molar-refractivity contribution >= 4 is 0 Å². The fourth-order valence-corrected chi connectivity index (χ4v) is 3.77. The smallest absolute Gasteiger partial charge is 0.00677 e. The molecule has 3 unspecified atom stereocenters. The molecule has 0 radical (unpaired) electrons. The SMILES string of the molecule is CCC1(CC)CC(N)CC(CC)(C(C)N)C1. The van der Waals surface area contributed by atoms with Gasteiger partial charge in [-0.3, -0.25) is 0 Å². The lowest BCUT2D eigenvalue weighted by Crippen LogP contribution is -2.52. The van der Waals surface area contributed by atoms with Gasteiger partial charge in [-0.2, -0.15) is 0 Å². The average Bonchev–Trinajstić information content (AvgIpc) is 2.27. The first-order chi connectivity index (χ1) is 7.43. The van der Waals surface area contributed by atoms with Gasteiger partial charge in [0.2, 0.25) is 0 Å². The summed E-state index contributed by atoms with van der Waals surface area (Å²) in [6.45, 7) is 9.06. The first-order valence-corrected chi connectivity index (χ1v) is 6.95. The molecule has 1 aliphatic rings. The van der Waals surface area contributed by atoms with E-state index in [-0.39, 0.29) is 11.5 Å². The molecular weight excluding hydrogens is 196 g/mol. The number of hydrogen-bond donors (Lipinski definition) is 2. The average molecular weight is 226 g/mol. The highest BCUT2D eigenvalue weighted by Gasteiger charge is 2.46. The van der Waals surface area contributed by atoms with Crippen LogP contribution in [0.25, 0.3) is 0 Å². The van der Waals surface area contributed by atoms with Gasteiger partial charge in [0.05, 0.1) is 0 Å². The van der Waals surface area contributed by atoms with Crippen molar-refractivity contribution in [2.45, 2.75) is 78.3 Å². The third-order valence-corrected chi connectivity index (χ3v) is 5.26. The summed E-state index contributed by atoms with van der Waals surface area (Å²) >= 11 is 0. The molecule has 2 heteroatoms. The molecule has 16 heavy (non-hydrogen) atoms. The fourth-order valence-electron chi connectivity index (χ4n) is 3.77. The molecule has 1 rings (SSSR count). The predicted molar refractivity (Wildman–Crippen MR) is 71.2 cm³/mol. The Morgan fingerprint density at radius 1 is 1.12 bits per heavy atom. The molecule has 1 fully saturated rings. The summed E-state index contributed by atoms with van der Waals surface area (Å²) in [5.74, 6) is 0. The van der Waals surface area contributed by atoms with Gasteiger partial charge < -0.3 is 11.5 Å². The maximum atomic E-state index is 6.29. The van der Waals surface area contributed by atoms with Crippen LogP contribution >= 0.6 is 0 Å². The molecule has 0 spiro atoms. The van der Waals surface area contributed by atoms with Crippen LogP contribution < -0.4 is 11.5 Å². The molecule has 3 atom stereocenters. The van der Waals surface area contributed by atoms with Crippen molar-refractivity contribution in [3.05, 3.63) is 0 Å². The van der Waals surface area contributed by atoms with E-state index in [1.807, 2.05) is 0 Å². The third kappa shape index (κ3) is 2.43. The minimum absolute atomic E-state index is 0.265. The van der Waals surface area contributed by atoms with Crippen LogP contribution in [0, 0.1) is 10.8 Å². The molecule has 0 heterocycles. The standard InChI is InChI=1S/C14H30N2/c1-5-13(6-2)8-12(16)9-14(7-3,10-13)11(4)15/h11-12H,5-10,15-16H2,1-4H3. The highest BCUT2D eigenvalue weighted by Crippen LogP contribution is 2.52. The normalized spacial score (nSPS) is 36.0. The third-order valence-electron chi connectivity index (χ3n) is 5.26. The highest BCUT2D eigenvalue weighted by molar-refractivity contribution is 5.00. The predicted octanol–water partition coefficient (Wildman–Crippen LogP) is 3.05. The summed E-state index contributed by atoms with van der Waals surface area (Å²) in [4.78, 5) is 0. The van der Waals surface area contributed by atoms with Gasteiger partial charge in [-0.15, -0.1) is 0 Å². The minimum Gasteiger partial charge on any atom is -0.328 e. The van der Waals surface area contributed by atoms with Crippen LogP contribution in [0.5, 0.6) is 0 Å². The van der Waals surface area contributed by atoms with Crippen LogP contribution in [0.4, 0.5) is 0 Å². The van der Waals surface area contributed by atoms with Gasteiger partial charge in [0.1, 0.15) is 0 Å². The Labute approximate surface area is 101 Å². The Balaban J connectivity index is 2.96. The minimum atomic E-state index is 0.265. The second-order valence-corrected chi connectivity index (χ2v) is 6.06.